The first-order chi connectivity index (χ1) is 14.2. The quantitative estimate of drug-likeness (QED) is 0.670. The lowest BCUT2D eigenvalue weighted by atomic mass is 9.99. The average Bonchev–Trinajstić information content (AvgIpc) is 2.68. The molecule has 0 bridgehead atoms. The van der Waals surface area contributed by atoms with Crippen LogP contribution in [-0.2, 0) is 21.2 Å². The smallest absolute Gasteiger partial charge is 0.262 e. The summed E-state index contributed by atoms with van der Waals surface area (Å²) >= 11 is 0. The van der Waals surface area contributed by atoms with Gasteiger partial charge in [-0.3, -0.25) is 9.52 Å². The van der Waals surface area contributed by atoms with Crippen LogP contribution < -0.4 is 14.4 Å². The maximum absolute atomic E-state index is 14.1. The Balaban J connectivity index is 1.82. The molecule has 3 rings (SSSR count). The summed E-state index contributed by atoms with van der Waals surface area (Å²) in [6, 6.07) is 8.69. The number of aryl methyl sites for hydroxylation is 1. The number of fused-ring (bicyclic) bond motifs is 1. The Hall–Kier alpha value is -2.61. The van der Waals surface area contributed by atoms with Gasteiger partial charge in [0.15, 0.2) is 11.6 Å². The highest BCUT2D eigenvalue weighted by Crippen LogP contribution is 2.32. The predicted molar refractivity (Wildman–Crippen MR) is 115 cm³/mol. The molecule has 30 heavy (non-hydrogen) atoms. The molecule has 1 heterocycles. The van der Waals surface area contributed by atoms with E-state index >= 15 is 0 Å². The van der Waals surface area contributed by atoms with Crippen LogP contribution in [0.3, 0.4) is 0 Å². The van der Waals surface area contributed by atoms with E-state index in [1.807, 2.05) is 0 Å². The largest absolute Gasteiger partial charge is 0.491 e. The Bertz CT molecular complexity index is 1040. The molecule has 8 heteroatoms. The lowest BCUT2D eigenvalue weighted by Gasteiger charge is -2.30. The van der Waals surface area contributed by atoms with Gasteiger partial charge in [-0.25, -0.2) is 12.8 Å². The second-order valence-corrected chi connectivity index (χ2v) is 9.38. The van der Waals surface area contributed by atoms with Crippen LogP contribution in [-0.4, -0.2) is 27.5 Å². The Kier molecular flexibility index (Phi) is 6.65. The van der Waals surface area contributed by atoms with Crippen molar-refractivity contribution in [3.63, 3.8) is 0 Å². The molecule has 6 nitrogen and oxygen atoms in total. The molecule has 1 aliphatic rings. The van der Waals surface area contributed by atoms with E-state index in [0.29, 0.717) is 31.0 Å². The first-order valence-electron chi connectivity index (χ1n) is 10.1. The molecular formula is C22H27FN2O4S. The Morgan fingerprint density at radius 1 is 1.17 bits per heavy atom. The van der Waals surface area contributed by atoms with Crippen molar-refractivity contribution in [3.05, 3.63) is 47.8 Å². The zero-order valence-corrected chi connectivity index (χ0v) is 18.3. The standard InChI is InChI=1S/C22H27FN2O4S/c1-4-29-21-9-7-18(14-19(21)23)30(27,28)24-17-6-8-20-16(13-17)5-10-22(26)25(20)12-11-15(2)3/h6-9,13-15,24H,4-5,10-12H2,1-3H3. The number of anilines is 2. The van der Waals surface area contributed by atoms with Crippen molar-refractivity contribution in [2.45, 2.75) is 44.9 Å². The number of carbonyl (C=O) groups is 1. The van der Waals surface area contributed by atoms with E-state index in [4.69, 9.17) is 4.74 Å². The van der Waals surface area contributed by atoms with Gasteiger partial charge in [0, 0.05) is 24.3 Å². The van der Waals surface area contributed by atoms with Crippen LogP contribution in [0.25, 0.3) is 0 Å². The van der Waals surface area contributed by atoms with E-state index in [1.54, 1.807) is 30.0 Å². The van der Waals surface area contributed by atoms with Crippen LogP contribution in [0, 0.1) is 11.7 Å². The van der Waals surface area contributed by atoms with Gasteiger partial charge in [-0.15, -0.1) is 0 Å². The summed E-state index contributed by atoms with van der Waals surface area (Å²) in [7, 11) is -3.97. The summed E-state index contributed by atoms with van der Waals surface area (Å²) in [6.45, 7) is 6.86. The Labute approximate surface area is 177 Å². The van der Waals surface area contributed by atoms with Gasteiger partial charge in [0.25, 0.3) is 10.0 Å². The number of sulfonamides is 1. The van der Waals surface area contributed by atoms with Crippen molar-refractivity contribution in [2.24, 2.45) is 5.92 Å². The third kappa shape index (κ3) is 4.92. The van der Waals surface area contributed by atoms with Crippen molar-refractivity contribution in [3.8, 4) is 5.75 Å². The maximum Gasteiger partial charge on any atom is 0.262 e. The molecular weight excluding hydrogens is 407 g/mol. The first-order valence-corrected chi connectivity index (χ1v) is 11.6. The summed E-state index contributed by atoms with van der Waals surface area (Å²) in [5, 5.41) is 0. The monoisotopic (exact) mass is 434 g/mol. The zero-order chi connectivity index (χ0) is 21.9. The Morgan fingerprint density at radius 2 is 1.93 bits per heavy atom. The molecule has 0 saturated heterocycles. The number of nitrogens with zero attached hydrogens (tertiary/aromatic N) is 1. The molecule has 1 N–H and O–H groups in total. The molecule has 1 aliphatic heterocycles. The van der Waals surface area contributed by atoms with Gasteiger partial charge in [0.1, 0.15) is 0 Å². The molecule has 1 amide bonds. The van der Waals surface area contributed by atoms with Crippen LogP contribution in [0.2, 0.25) is 0 Å². The van der Waals surface area contributed by atoms with Crippen molar-refractivity contribution in [1.29, 1.82) is 0 Å². The molecule has 0 saturated carbocycles. The fraction of sp³-hybridized carbons (Fsp3) is 0.409. The molecule has 0 spiro atoms. The van der Waals surface area contributed by atoms with Crippen molar-refractivity contribution >= 4 is 27.3 Å². The van der Waals surface area contributed by atoms with E-state index in [2.05, 4.69) is 18.6 Å². The van der Waals surface area contributed by atoms with Crippen LogP contribution in [0.4, 0.5) is 15.8 Å². The average molecular weight is 435 g/mol. The number of nitrogens with one attached hydrogen (secondary N) is 1. The highest BCUT2D eigenvalue weighted by atomic mass is 32.2. The fourth-order valence-electron chi connectivity index (χ4n) is 3.39. The number of benzene rings is 2. The predicted octanol–water partition coefficient (Wildman–Crippen LogP) is 4.35. The molecule has 0 radical (unpaired) electrons. The molecule has 2 aromatic carbocycles. The maximum atomic E-state index is 14.1. The van der Waals surface area contributed by atoms with Crippen LogP contribution in [0.15, 0.2) is 41.3 Å². The van der Waals surface area contributed by atoms with E-state index < -0.39 is 15.8 Å². The molecule has 2 aromatic rings. The van der Waals surface area contributed by atoms with Gasteiger partial charge < -0.3 is 9.64 Å². The number of amides is 1. The number of rotatable bonds is 8. The molecule has 0 fully saturated rings. The second-order valence-electron chi connectivity index (χ2n) is 7.70. The third-order valence-electron chi connectivity index (χ3n) is 4.98. The molecule has 0 aromatic heterocycles. The fourth-order valence-corrected chi connectivity index (χ4v) is 4.45. The van der Waals surface area contributed by atoms with Gasteiger partial charge in [0.2, 0.25) is 5.91 Å². The molecule has 0 atom stereocenters. The van der Waals surface area contributed by atoms with Gasteiger partial charge in [0.05, 0.1) is 11.5 Å². The van der Waals surface area contributed by atoms with E-state index in [1.165, 1.54) is 12.1 Å². The minimum absolute atomic E-state index is 0.0105. The number of hydrogen-bond acceptors (Lipinski definition) is 4. The number of carbonyl (C=O) groups excluding carboxylic acids is 1. The van der Waals surface area contributed by atoms with E-state index in [0.717, 1.165) is 23.7 Å². The lowest BCUT2D eigenvalue weighted by molar-refractivity contribution is -0.118. The second kappa shape index (κ2) is 9.04. The van der Waals surface area contributed by atoms with Crippen LogP contribution in [0.5, 0.6) is 5.75 Å². The summed E-state index contributed by atoms with van der Waals surface area (Å²) < 4.78 is 47.1. The van der Waals surface area contributed by atoms with Crippen LogP contribution >= 0.6 is 0 Å². The van der Waals surface area contributed by atoms with Crippen molar-refractivity contribution in [1.82, 2.24) is 0 Å². The topological polar surface area (TPSA) is 75.7 Å². The summed E-state index contributed by atoms with van der Waals surface area (Å²) in [4.78, 5) is 13.9. The number of ether oxygens (including phenoxy) is 1. The molecule has 0 aliphatic carbocycles. The van der Waals surface area contributed by atoms with Crippen molar-refractivity contribution in [2.75, 3.05) is 22.8 Å². The first kappa shape index (κ1) is 22.1. The zero-order valence-electron chi connectivity index (χ0n) is 17.4. The van der Waals surface area contributed by atoms with E-state index in [9.17, 15) is 17.6 Å². The SMILES string of the molecule is CCOc1ccc(S(=O)(=O)Nc2ccc3c(c2)CCC(=O)N3CCC(C)C)cc1F. The van der Waals surface area contributed by atoms with Gasteiger partial charge in [-0.1, -0.05) is 13.8 Å². The number of hydrogen-bond donors (Lipinski definition) is 1. The van der Waals surface area contributed by atoms with E-state index in [-0.39, 0.29) is 23.2 Å². The third-order valence-corrected chi connectivity index (χ3v) is 6.35. The molecule has 0 unspecified atom stereocenters. The van der Waals surface area contributed by atoms with Crippen molar-refractivity contribution < 1.29 is 22.3 Å². The van der Waals surface area contributed by atoms with Gasteiger partial charge in [-0.05, 0) is 67.6 Å². The minimum Gasteiger partial charge on any atom is -0.491 e. The lowest BCUT2D eigenvalue weighted by Crippen LogP contribution is -2.36. The summed E-state index contributed by atoms with van der Waals surface area (Å²) in [5.41, 5.74) is 2.11. The van der Waals surface area contributed by atoms with Gasteiger partial charge >= 0.3 is 0 Å². The summed E-state index contributed by atoms with van der Waals surface area (Å²) in [5.74, 6) is -0.161. The van der Waals surface area contributed by atoms with Crippen LogP contribution in [0.1, 0.15) is 39.2 Å². The highest BCUT2D eigenvalue weighted by molar-refractivity contribution is 7.92. The normalized spacial score (nSPS) is 14.0. The summed E-state index contributed by atoms with van der Waals surface area (Å²) in [6.07, 6.45) is 1.84. The molecule has 162 valence electrons. The Morgan fingerprint density at radius 3 is 2.60 bits per heavy atom. The minimum atomic E-state index is -3.97. The number of halogens is 1. The van der Waals surface area contributed by atoms with Gasteiger partial charge in [-0.2, -0.15) is 0 Å². The highest BCUT2D eigenvalue weighted by Gasteiger charge is 2.25.